The number of benzene rings is 1. The monoisotopic (exact) mass is 1060 g/mol. The number of ether oxygens (including phenoxy) is 1. The number of primary amides is 1. The zero-order valence-corrected chi connectivity index (χ0v) is 46.0. The molecule has 3 heterocycles. The van der Waals surface area contributed by atoms with Crippen LogP contribution in [0.1, 0.15) is 152 Å². The first-order valence-corrected chi connectivity index (χ1v) is 27.4. The van der Waals surface area contributed by atoms with Crippen molar-refractivity contribution < 1.29 is 47.9 Å². The Kier molecular flexibility index (Phi) is 25.0. The van der Waals surface area contributed by atoms with Crippen molar-refractivity contribution in [3.8, 4) is 0 Å². The Balaban J connectivity index is 1.42. The minimum absolute atomic E-state index is 0.0680. The second-order valence-corrected chi connectivity index (χ2v) is 21.4. The third kappa shape index (κ3) is 19.2. The van der Waals surface area contributed by atoms with Gasteiger partial charge in [0.25, 0.3) is 17.7 Å². The van der Waals surface area contributed by atoms with Crippen molar-refractivity contribution in [1.29, 1.82) is 0 Å². The summed E-state index contributed by atoms with van der Waals surface area (Å²) < 4.78 is 5.83. The number of esters is 1. The molecule has 1 aromatic carbocycles. The van der Waals surface area contributed by atoms with Crippen LogP contribution in [0.2, 0.25) is 0 Å². The van der Waals surface area contributed by atoms with E-state index in [1.807, 2.05) is 39.6 Å². The maximum atomic E-state index is 14.4. The number of nitrogens with two attached hydrogens (primary N) is 2. The average molecular weight is 1060 g/mol. The van der Waals surface area contributed by atoms with Crippen molar-refractivity contribution in [3.63, 3.8) is 0 Å². The van der Waals surface area contributed by atoms with Crippen LogP contribution in [0.25, 0.3) is 0 Å². The summed E-state index contributed by atoms with van der Waals surface area (Å²) in [7, 11) is 3.63. The first-order valence-electron chi connectivity index (χ1n) is 26.6. The number of rotatable bonds is 31. The van der Waals surface area contributed by atoms with Crippen LogP contribution >= 0.6 is 11.3 Å². The summed E-state index contributed by atoms with van der Waals surface area (Å²) in [6, 6.07) is 4.07. The number of hydrogen-bond donors (Lipinski definition) is 6. The number of piperidine rings is 1. The fourth-order valence-electron chi connectivity index (χ4n) is 9.40. The standard InChI is InChI=1S/C54H82N10O10S/c1-9-34(4)48(61-52(72)42-18-13-16-27-62(42)7)54(73)63(8)43(33(2)3)31-44(74-36(6)65)53-60-41(32-75-53)51(71)58-39(29-35(5)49(56)69)30-37-20-22-38(23-21-37)57-50(70)40(17-12-14-26-55)59-45(66)19-11-10-15-28-64-46(67)24-25-47(64)68/h20-25,32-35,39-40,42-44,48H,9-19,26-31,55H2,1-8H3,(H2,56,69)(H,57,70)(H,58,71)(H,59,66)(H,61,72)/t34-,35?,39+,40-,42+,43+,44+,48-/m0/s1. The number of amides is 8. The lowest BCUT2D eigenvalue weighted by atomic mass is 9.92. The Morgan fingerprint density at radius 3 is 2.21 bits per heavy atom. The predicted molar refractivity (Wildman–Crippen MR) is 286 cm³/mol. The van der Waals surface area contributed by atoms with Gasteiger partial charge in [-0.1, -0.05) is 66.0 Å². The lowest BCUT2D eigenvalue weighted by molar-refractivity contribution is -0.149. The third-order valence-corrected chi connectivity index (χ3v) is 15.1. The summed E-state index contributed by atoms with van der Waals surface area (Å²) in [5.41, 5.74) is 12.7. The van der Waals surface area contributed by atoms with Crippen molar-refractivity contribution in [2.45, 2.75) is 168 Å². The van der Waals surface area contributed by atoms with Gasteiger partial charge in [0.1, 0.15) is 22.8 Å². The van der Waals surface area contributed by atoms with Gasteiger partial charge in [-0.3, -0.25) is 53.0 Å². The molecule has 21 heteroatoms. The Bertz CT molecular complexity index is 2290. The molecule has 75 heavy (non-hydrogen) atoms. The van der Waals surface area contributed by atoms with Gasteiger partial charge in [0.05, 0.1) is 6.04 Å². The number of likely N-dealkylation sites (tertiary alicyclic amines) is 1. The van der Waals surface area contributed by atoms with Crippen molar-refractivity contribution >= 4 is 70.3 Å². The second kappa shape index (κ2) is 30.5. The number of carbonyl (C=O) groups is 9. The minimum atomic E-state index is -0.909. The van der Waals surface area contributed by atoms with Crippen LogP contribution in [0.3, 0.4) is 0 Å². The van der Waals surface area contributed by atoms with Crippen LogP contribution in [0.15, 0.2) is 41.8 Å². The summed E-state index contributed by atoms with van der Waals surface area (Å²) in [6.07, 6.45) is 9.09. The molecule has 20 nitrogen and oxygen atoms in total. The highest BCUT2D eigenvalue weighted by atomic mass is 32.1. The van der Waals surface area contributed by atoms with Gasteiger partial charge in [0.15, 0.2) is 6.10 Å². The summed E-state index contributed by atoms with van der Waals surface area (Å²) in [5.74, 6) is -4.27. The lowest BCUT2D eigenvalue weighted by Crippen LogP contribution is -2.58. The van der Waals surface area contributed by atoms with Gasteiger partial charge in [0.2, 0.25) is 29.5 Å². The number of anilines is 1. The van der Waals surface area contributed by atoms with Crippen LogP contribution in [-0.4, -0.2) is 137 Å². The molecular formula is C54H82N10O10S. The molecule has 414 valence electrons. The number of aromatic nitrogens is 1. The molecule has 8 amide bonds. The van der Waals surface area contributed by atoms with Gasteiger partial charge in [0, 0.05) is 74.6 Å². The molecule has 8 atom stereocenters. The zero-order valence-electron chi connectivity index (χ0n) is 45.2. The molecule has 0 spiro atoms. The third-order valence-electron chi connectivity index (χ3n) is 14.2. The Morgan fingerprint density at radius 2 is 1.60 bits per heavy atom. The fraction of sp³-hybridized carbons (Fsp3) is 0.630. The molecule has 0 bridgehead atoms. The molecule has 4 rings (SSSR count). The highest BCUT2D eigenvalue weighted by Crippen LogP contribution is 2.31. The summed E-state index contributed by atoms with van der Waals surface area (Å²) in [5, 5.41) is 13.8. The van der Waals surface area contributed by atoms with Gasteiger partial charge in [-0.05, 0) is 107 Å². The first kappa shape index (κ1) is 61.5. The van der Waals surface area contributed by atoms with E-state index in [0.29, 0.717) is 62.2 Å². The smallest absolute Gasteiger partial charge is 0.303 e. The molecule has 2 aromatic rings. The van der Waals surface area contributed by atoms with Crippen molar-refractivity contribution in [3.05, 3.63) is 58.1 Å². The van der Waals surface area contributed by atoms with Crippen LogP contribution in [0.4, 0.5) is 5.69 Å². The SMILES string of the molecule is CC[C@H](C)[C@H](NC(=O)[C@H]1CCCCN1C)C(=O)N(C)[C@H](C[C@@H](OC(C)=O)c1nc(C(=O)N[C@@H](Cc2ccc(NC(=O)[C@H](CCCCN)NC(=O)CCCCCN3C(=O)C=CC3=O)cc2)CC(C)C(N)=O)cs1)C(C)C. The minimum Gasteiger partial charge on any atom is -0.455 e. The lowest BCUT2D eigenvalue weighted by Gasteiger charge is -2.38. The molecular weight excluding hydrogens is 981 g/mol. The van der Waals surface area contributed by atoms with E-state index in [1.54, 1.807) is 48.5 Å². The number of thiazole rings is 1. The topological polar surface area (TPSA) is 286 Å². The van der Waals surface area contributed by atoms with Crippen LogP contribution in [-0.2, 0) is 49.5 Å². The van der Waals surface area contributed by atoms with Crippen molar-refractivity contribution in [1.82, 2.24) is 35.6 Å². The average Bonchev–Trinajstić information content (AvgIpc) is 3.99. The zero-order chi connectivity index (χ0) is 55.4. The molecule has 2 aliphatic heterocycles. The summed E-state index contributed by atoms with van der Waals surface area (Å²) >= 11 is 1.14. The number of nitrogens with one attached hydrogen (secondary N) is 4. The molecule has 8 N–H and O–H groups in total. The maximum absolute atomic E-state index is 14.4. The maximum Gasteiger partial charge on any atom is 0.303 e. The van der Waals surface area contributed by atoms with Gasteiger partial charge in [-0.25, -0.2) is 4.98 Å². The van der Waals surface area contributed by atoms with Gasteiger partial charge in [-0.2, -0.15) is 0 Å². The quantitative estimate of drug-likeness (QED) is 0.0345. The number of hydrogen-bond acceptors (Lipinski definition) is 14. The van der Waals surface area contributed by atoms with E-state index in [9.17, 15) is 43.2 Å². The fourth-order valence-corrected chi connectivity index (χ4v) is 10.2. The van der Waals surface area contributed by atoms with Crippen molar-refractivity contribution in [2.75, 3.05) is 39.0 Å². The van der Waals surface area contributed by atoms with Crippen LogP contribution in [0.5, 0.6) is 0 Å². The number of carbonyl (C=O) groups excluding carboxylic acids is 9. The largest absolute Gasteiger partial charge is 0.455 e. The highest BCUT2D eigenvalue weighted by molar-refractivity contribution is 7.09. The van der Waals surface area contributed by atoms with E-state index in [0.717, 1.165) is 47.6 Å². The first-order chi connectivity index (χ1) is 35.6. The molecule has 1 aromatic heterocycles. The van der Waals surface area contributed by atoms with E-state index in [1.165, 1.54) is 19.1 Å². The molecule has 0 radical (unpaired) electrons. The summed E-state index contributed by atoms with van der Waals surface area (Å²) in [4.78, 5) is 126. The molecule has 1 unspecified atom stereocenters. The van der Waals surface area contributed by atoms with Gasteiger partial charge >= 0.3 is 5.97 Å². The highest BCUT2D eigenvalue weighted by Gasteiger charge is 2.38. The predicted octanol–water partition coefficient (Wildman–Crippen LogP) is 4.53. The number of likely N-dealkylation sites (N-methyl/N-ethyl adjacent to an activating group) is 2. The van der Waals surface area contributed by atoms with E-state index in [-0.39, 0.29) is 85.3 Å². The molecule has 0 aliphatic carbocycles. The molecule has 2 aliphatic rings. The number of nitrogens with zero attached hydrogens (tertiary/aromatic N) is 4. The second-order valence-electron chi connectivity index (χ2n) is 20.5. The van der Waals surface area contributed by atoms with Crippen molar-refractivity contribution in [2.24, 2.45) is 29.2 Å². The van der Waals surface area contributed by atoms with E-state index in [2.05, 4.69) is 26.3 Å². The summed E-state index contributed by atoms with van der Waals surface area (Å²) in [6.45, 7) is 12.3. The van der Waals surface area contributed by atoms with E-state index in [4.69, 9.17) is 16.2 Å². The molecule has 1 fully saturated rings. The van der Waals surface area contributed by atoms with Crippen LogP contribution < -0.4 is 32.7 Å². The Hall–Kier alpha value is -6.06. The number of imide groups is 1. The Labute approximate surface area is 446 Å². The van der Waals surface area contributed by atoms with Crippen LogP contribution in [0, 0.1) is 17.8 Å². The Morgan fingerprint density at radius 1 is 0.907 bits per heavy atom. The normalized spacial score (nSPS) is 17.6. The van der Waals surface area contributed by atoms with E-state index >= 15 is 0 Å². The number of unbranched alkanes of at least 4 members (excludes halogenated alkanes) is 3. The molecule has 0 saturated carbocycles. The van der Waals surface area contributed by atoms with E-state index < -0.39 is 59.9 Å². The van der Waals surface area contributed by atoms with Gasteiger partial charge in [-0.15, -0.1) is 11.3 Å². The molecule has 1 saturated heterocycles. The van der Waals surface area contributed by atoms with Gasteiger partial charge < -0.3 is 42.4 Å².